The van der Waals surface area contributed by atoms with Gasteiger partial charge in [0.2, 0.25) is 0 Å². The van der Waals surface area contributed by atoms with Crippen LogP contribution in [0.1, 0.15) is 41.1 Å². The van der Waals surface area contributed by atoms with Gasteiger partial charge in [0.25, 0.3) is 0 Å². The molecule has 1 atom stereocenters. The number of rotatable bonds is 6. The first-order chi connectivity index (χ1) is 9.02. The Kier molecular flexibility index (Phi) is 5.34. The number of aryl methyl sites for hydroxylation is 1. The molecule has 0 spiro atoms. The maximum Gasteiger partial charge on any atom is 0.150 e. The summed E-state index contributed by atoms with van der Waals surface area (Å²) in [5.41, 5.74) is 7.62. The molecule has 2 heterocycles. The van der Waals surface area contributed by atoms with Crippen molar-refractivity contribution in [2.24, 2.45) is 5.73 Å². The van der Waals surface area contributed by atoms with Crippen molar-refractivity contribution >= 4 is 32.9 Å². The van der Waals surface area contributed by atoms with E-state index < -0.39 is 9.84 Å². The zero-order valence-corrected chi connectivity index (χ0v) is 13.7. The molecule has 2 rings (SSSR count). The number of fused-ring (bicyclic) bond motifs is 1. The molecule has 0 saturated heterocycles. The van der Waals surface area contributed by atoms with E-state index in [1.165, 1.54) is 21.1 Å². The lowest BCUT2D eigenvalue weighted by Crippen LogP contribution is -2.13. The van der Waals surface area contributed by atoms with Crippen LogP contribution < -0.4 is 5.73 Å². The summed E-state index contributed by atoms with van der Waals surface area (Å²) in [5, 5.41) is 0. The van der Waals surface area contributed by atoms with Crippen LogP contribution in [0, 0.1) is 0 Å². The van der Waals surface area contributed by atoms with Crippen LogP contribution in [-0.2, 0) is 22.0 Å². The lowest BCUT2D eigenvalue weighted by Gasteiger charge is -2.09. The molecule has 1 aliphatic heterocycles. The van der Waals surface area contributed by atoms with Gasteiger partial charge in [-0.1, -0.05) is 6.92 Å². The summed E-state index contributed by atoms with van der Waals surface area (Å²) in [6.45, 7) is 1.69. The Hall–Kier alpha value is -0.0400. The van der Waals surface area contributed by atoms with Gasteiger partial charge in [-0.15, -0.1) is 11.3 Å². The van der Waals surface area contributed by atoms with E-state index in [4.69, 9.17) is 5.73 Å². The van der Waals surface area contributed by atoms with Crippen molar-refractivity contribution in [1.82, 2.24) is 0 Å². The van der Waals surface area contributed by atoms with E-state index in [9.17, 15) is 8.42 Å². The number of hydrogen-bond donors (Lipinski definition) is 1. The molecule has 0 fully saturated rings. The predicted molar refractivity (Wildman–Crippen MR) is 84.7 cm³/mol. The van der Waals surface area contributed by atoms with E-state index in [1.807, 2.05) is 23.1 Å². The normalized spacial score (nSPS) is 17.2. The number of sulfone groups is 1. The summed E-state index contributed by atoms with van der Waals surface area (Å²) in [6.07, 6.45) is 2.57. The third-order valence-corrected chi connectivity index (χ3v) is 7.59. The molecule has 3 nitrogen and oxygen atoms in total. The van der Waals surface area contributed by atoms with Gasteiger partial charge in [0.05, 0.1) is 5.75 Å². The second-order valence-corrected chi connectivity index (χ2v) is 9.63. The van der Waals surface area contributed by atoms with Gasteiger partial charge in [0.1, 0.15) is 9.84 Å². The van der Waals surface area contributed by atoms with Crippen molar-refractivity contribution in [3.8, 4) is 0 Å². The van der Waals surface area contributed by atoms with E-state index in [1.54, 1.807) is 6.92 Å². The van der Waals surface area contributed by atoms with Gasteiger partial charge >= 0.3 is 0 Å². The maximum absolute atomic E-state index is 11.4. The summed E-state index contributed by atoms with van der Waals surface area (Å²) < 4.78 is 22.9. The summed E-state index contributed by atoms with van der Waals surface area (Å²) in [6, 6.07) is 2.22. The Morgan fingerprint density at radius 3 is 2.95 bits per heavy atom. The maximum atomic E-state index is 11.4. The molecule has 0 aliphatic carbocycles. The largest absolute Gasteiger partial charge is 0.323 e. The summed E-state index contributed by atoms with van der Waals surface area (Å²) in [7, 11) is -2.86. The molecule has 19 heavy (non-hydrogen) atoms. The minimum atomic E-state index is -2.86. The highest BCUT2D eigenvalue weighted by Crippen LogP contribution is 2.34. The molecule has 1 aromatic rings. The van der Waals surface area contributed by atoms with Crippen molar-refractivity contribution in [1.29, 1.82) is 0 Å². The summed E-state index contributed by atoms with van der Waals surface area (Å²) >= 11 is 3.79. The van der Waals surface area contributed by atoms with Crippen LogP contribution in [0.15, 0.2) is 6.07 Å². The Morgan fingerprint density at radius 1 is 1.47 bits per heavy atom. The highest BCUT2D eigenvalue weighted by molar-refractivity contribution is 7.98. The standard InChI is InChI=1S/C13H21NO2S3/c1-2-19(15,16)7-3-4-11(14)13-8-10-9-17-6-5-12(10)18-13/h8,11H,2-7,9,14H2,1H3. The van der Waals surface area contributed by atoms with E-state index >= 15 is 0 Å². The van der Waals surface area contributed by atoms with Gasteiger partial charge in [-0.25, -0.2) is 8.42 Å². The van der Waals surface area contributed by atoms with Crippen molar-refractivity contribution < 1.29 is 8.42 Å². The molecule has 0 amide bonds. The first kappa shape index (κ1) is 15.4. The van der Waals surface area contributed by atoms with Crippen molar-refractivity contribution in [3.63, 3.8) is 0 Å². The van der Waals surface area contributed by atoms with Crippen molar-refractivity contribution in [2.45, 2.75) is 38.0 Å². The average molecular weight is 320 g/mol. The van der Waals surface area contributed by atoms with Crippen LogP contribution in [0.4, 0.5) is 0 Å². The van der Waals surface area contributed by atoms with Crippen LogP contribution in [0.3, 0.4) is 0 Å². The first-order valence-electron chi connectivity index (χ1n) is 6.67. The van der Waals surface area contributed by atoms with Gasteiger partial charge in [-0.3, -0.25) is 0 Å². The van der Waals surface area contributed by atoms with Crippen molar-refractivity contribution in [2.75, 3.05) is 17.3 Å². The van der Waals surface area contributed by atoms with Gasteiger partial charge in [0.15, 0.2) is 0 Å². The zero-order valence-electron chi connectivity index (χ0n) is 11.2. The lowest BCUT2D eigenvalue weighted by atomic mass is 10.1. The summed E-state index contributed by atoms with van der Waals surface area (Å²) in [5.74, 6) is 2.80. The minimum Gasteiger partial charge on any atom is -0.323 e. The Balaban J connectivity index is 1.89. The molecule has 2 N–H and O–H groups in total. The second-order valence-electron chi connectivity index (χ2n) is 4.88. The van der Waals surface area contributed by atoms with Gasteiger partial charge in [0, 0.05) is 27.3 Å². The zero-order chi connectivity index (χ0) is 13.9. The van der Waals surface area contributed by atoms with E-state index in [0.29, 0.717) is 6.42 Å². The number of thiophene rings is 1. The predicted octanol–water partition coefficient (Wildman–Crippen LogP) is 2.75. The highest BCUT2D eigenvalue weighted by Gasteiger charge is 2.17. The number of nitrogens with two attached hydrogens (primary N) is 1. The monoisotopic (exact) mass is 319 g/mol. The molecule has 0 bridgehead atoms. The Labute approximate surface area is 123 Å². The fraction of sp³-hybridized carbons (Fsp3) is 0.692. The molecule has 0 radical (unpaired) electrons. The Bertz CT molecular complexity index is 498. The second kappa shape index (κ2) is 6.61. The molecule has 0 aromatic carbocycles. The molecule has 108 valence electrons. The third kappa shape index (κ3) is 4.21. The molecular weight excluding hydrogens is 298 g/mol. The molecule has 6 heteroatoms. The average Bonchev–Trinajstić information content (AvgIpc) is 2.82. The topological polar surface area (TPSA) is 60.2 Å². The fourth-order valence-corrected chi connectivity index (χ4v) is 5.47. The van der Waals surface area contributed by atoms with Crippen LogP contribution in [0.2, 0.25) is 0 Å². The molecule has 1 aliphatic rings. The van der Waals surface area contributed by atoms with E-state index in [-0.39, 0.29) is 17.5 Å². The fourth-order valence-electron chi connectivity index (χ4n) is 2.16. The van der Waals surface area contributed by atoms with Gasteiger partial charge in [-0.05, 0) is 36.6 Å². The van der Waals surface area contributed by atoms with Crippen LogP contribution in [-0.4, -0.2) is 25.7 Å². The quantitative estimate of drug-likeness (QED) is 0.876. The first-order valence-corrected chi connectivity index (χ1v) is 10.5. The molecule has 1 aromatic heterocycles. The SMILES string of the molecule is CCS(=O)(=O)CCCC(N)c1cc2c(s1)CCSC2. The number of thioether (sulfide) groups is 1. The van der Waals surface area contributed by atoms with Crippen molar-refractivity contribution in [3.05, 3.63) is 21.4 Å². The van der Waals surface area contributed by atoms with E-state index in [0.717, 1.165) is 18.6 Å². The minimum absolute atomic E-state index is 0.00680. The van der Waals surface area contributed by atoms with Crippen LogP contribution in [0.25, 0.3) is 0 Å². The molecular formula is C13H21NO2S3. The lowest BCUT2D eigenvalue weighted by molar-refractivity contribution is 0.585. The number of hydrogen-bond acceptors (Lipinski definition) is 5. The van der Waals surface area contributed by atoms with E-state index in [2.05, 4.69) is 6.07 Å². The van der Waals surface area contributed by atoms with Crippen LogP contribution in [0.5, 0.6) is 0 Å². The smallest absolute Gasteiger partial charge is 0.150 e. The van der Waals surface area contributed by atoms with Gasteiger partial charge in [-0.2, -0.15) is 11.8 Å². The third-order valence-electron chi connectivity index (χ3n) is 3.42. The molecule has 0 saturated carbocycles. The molecule has 1 unspecified atom stereocenters. The highest BCUT2D eigenvalue weighted by atomic mass is 32.2. The van der Waals surface area contributed by atoms with Gasteiger partial charge < -0.3 is 5.73 Å². The van der Waals surface area contributed by atoms with Crippen LogP contribution >= 0.6 is 23.1 Å². The Morgan fingerprint density at radius 2 is 2.26 bits per heavy atom. The summed E-state index contributed by atoms with van der Waals surface area (Å²) in [4.78, 5) is 2.70.